The van der Waals surface area contributed by atoms with E-state index in [9.17, 15) is 4.79 Å². The zero-order valence-electron chi connectivity index (χ0n) is 8.75. The maximum absolute atomic E-state index is 11.1. The average Bonchev–Trinajstić information content (AvgIpc) is 2.71. The van der Waals surface area contributed by atoms with E-state index in [1.54, 1.807) is 18.6 Å². The number of hydrogen-bond donors (Lipinski definition) is 2. The molecule has 1 aromatic rings. The Bertz CT molecular complexity index is 654. The maximum atomic E-state index is 11.1. The lowest BCUT2D eigenvalue weighted by atomic mass is 10.0. The predicted molar refractivity (Wildman–Crippen MR) is 58.7 cm³/mol. The van der Waals surface area contributed by atoms with Crippen molar-refractivity contribution in [2.45, 2.75) is 0 Å². The fourth-order valence-electron chi connectivity index (χ4n) is 1.90. The van der Waals surface area contributed by atoms with E-state index >= 15 is 0 Å². The summed E-state index contributed by atoms with van der Waals surface area (Å²) >= 11 is 0. The third-order valence-electron chi connectivity index (χ3n) is 2.70. The zero-order chi connectivity index (χ0) is 11.8. The van der Waals surface area contributed by atoms with Gasteiger partial charge in [0, 0.05) is 12.4 Å². The summed E-state index contributed by atoms with van der Waals surface area (Å²) in [6, 6.07) is 0. The van der Waals surface area contributed by atoms with E-state index < -0.39 is 6.09 Å². The van der Waals surface area contributed by atoms with Gasteiger partial charge in [-0.2, -0.15) is 0 Å². The Morgan fingerprint density at radius 3 is 3.29 bits per heavy atom. The first-order valence-corrected chi connectivity index (χ1v) is 5.04. The standard InChI is InChI=1S/C11H9N3O3/c15-11(16)14-5-7-3-12-2-1-8(7)9-4-13-17-10(9)6-14/h1-4,6,12H,5H2,(H,15,16). The largest absolute Gasteiger partial charge is 0.465 e. The van der Waals surface area contributed by atoms with Crippen LogP contribution in [0.3, 0.4) is 0 Å². The lowest BCUT2D eigenvalue weighted by Crippen LogP contribution is -2.28. The average molecular weight is 231 g/mol. The molecule has 2 aliphatic heterocycles. The van der Waals surface area contributed by atoms with Crippen LogP contribution in [0.25, 0.3) is 11.8 Å². The molecular weight excluding hydrogens is 222 g/mol. The second-order valence-electron chi connectivity index (χ2n) is 3.73. The third-order valence-corrected chi connectivity index (χ3v) is 2.70. The molecule has 6 nitrogen and oxygen atoms in total. The number of amides is 1. The molecule has 1 amide bonds. The predicted octanol–water partition coefficient (Wildman–Crippen LogP) is -0.442. The Morgan fingerprint density at radius 2 is 2.47 bits per heavy atom. The van der Waals surface area contributed by atoms with E-state index in [1.807, 2.05) is 6.08 Å². The fourth-order valence-corrected chi connectivity index (χ4v) is 1.90. The van der Waals surface area contributed by atoms with Crippen LogP contribution in [0.15, 0.2) is 34.8 Å². The second kappa shape index (κ2) is 3.51. The SMILES string of the molecule is O=C(O)N1C=c2oncc2=C2C=CNC=C2C1. The van der Waals surface area contributed by atoms with Gasteiger partial charge in [0.05, 0.1) is 24.2 Å². The van der Waals surface area contributed by atoms with Gasteiger partial charge in [-0.25, -0.2) is 4.79 Å². The molecule has 0 fully saturated rings. The minimum atomic E-state index is -1.02. The third kappa shape index (κ3) is 1.50. The first-order valence-electron chi connectivity index (χ1n) is 5.04. The summed E-state index contributed by atoms with van der Waals surface area (Å²) in [5.41, 5.74) is 2.27. The van der Waals surface area contributed by atoms with Gasteiger partial charge in [0.1, 0.15) is 0 Å². The van der Waals surface area contributed by atoms with E-state index in [2.05, 4.69) is 10.5 Å². The second-order valence-corrected chi connectivity index (χ2v) is 3.73. The number of allylic oxidation sites excluding steroid dienone is 1. The quantitative estimate of drug-likeness (QED) is 0.632. The molecule has 6 heteroatoms. The van der Waals surface area contributed by atoms with Crippen LogP contribution in [0, 0.1) is 0 Å². The monoisotopic (exact) mass is 231 g/mol. The normalized spacial score (nSPS) is 17.3. The van der Waals surface area contributed by atoms with Gasteiger partial charge in [0.15, 0.2) is 5.42 Å². The molecule has 0 aliphatic carbocycles. The molecule has 0 radical (unpaired) electrons. The lowest BCUT2D eigenvalue weighted by molar-refractivity contribution is 0.170. The van der Waals surface area contributed by atoms with Crippen molar-refractivity contribution in [2.24, 2.45) is 0 Å². The Balaban J connectivity index is 2.31. The molecule has 3 heterocycles. The zero-order valence-corrected chi connectivity index (χ0v) is 8.75. The minimum Gasteiger partial charge on any atom is -0.465 e. The highest BCUT2D eigenvalue weighted by atomic mass is 16.5. The fraction of sp³-hybridized carbons (Fsp3) is 0.0909. The molecule has 0 unspecified atom stereocenters. The summed E-state index contributed by atoms with van der Waals surface area (Å²) in [6.07, 6.45) is 7.46. The number of aromatic nitrogens is 1. The Hall–Kier alpha value is -2.50. The van der Waals surface area contributed by atoms with Crippen LogP contribution in [0.1, 0.15) is 0 Å². The number of nitrogens with zero attached hydrogens (tertiary/aromatic N) is 2. The number of carboxylic acid groups (broad SMARTS) is 1. The molecule has 17 heavy (non-hydrogen) atoms. The first kappa shape index (κ1) is 9.71. The van der Waals surface area contributed by atoms with Crippen molar-refractivity contribution in [1.29, 1.82) is 0 Å². The summed E-state index contributed by atoms with van der Waals surface area (Å²) < 4.78 is 5.05. The highest BCUT2D eigenvalue weighted by Gasteiger charge is 2.19. The molecule has 0 spiro atoms. The Labute approximate surface area is 95.8 Å². The number of carbonyl (C=O) groups is 1. The molecule has 2 N–H and O–H groups in total. The van der Waals surface area contributed by atoms with Crippen molar-refractivity contribution >= 4 is 17.9 Å². The van der Waals surface area contributed by atoms with E-state index in [1.165, 1.54) is 11.1 Å². The van der Waals surface area contributed by atoms with Gasteiger partial charge in [0.2, 0.25) is 0 Å². The first-order chi connectivity index (χ1) is 8.25. The van der Waals surface area contributed by atoms with Crippen LogP contribution in [0.5, 0.6) is 0 Å². The maximum Gasteiger partial charge on any atom is 0.411 e. The Morgan fingerprint density at radius 1 is 1.59 bits per heavy atom. The molecule has 0 saturated heterocycles. The smallest absolute Gasteiger partial charge is 0.411 e. The van der Waals surface area contributed by atoms with Crippen molar-refractivity contribution < 1.29 is 14.4 Å². The summed E-state index contributed by atoms with van der Waals surface area (Å²) in [5, 5.41) is 16.5. The number of nitrogens with one attached hydrogen (secondary N) is 1. The van der Waals surface area contributed by atoms with Gasteiger partial charge in [-0.1, -0.05) is 5.16 Å². The molecule has 3 rings (SSSR count). The van der Waals surface area contributed by atoms with Gasteiger partial charge < -0.3 is 14.9 Å². The van der Waals surface area contributed by atoms with Crippen LogP contribution in [0.4, 0.5) is 4.79 Å². The number of fused-ring (bicyclic) bond motifs is 2. The van der Waals surface area contributed by atoms with E-state index in [-0.39, 0.29) is 6.54 Å². The molecule has 2 aliphatic rings. The van der Waals surface area contributed by atoms with Crippen LogP contribution in [-0.4, -0.2) is 27.8 Å². The van der Waals surface area contributed by atoms with E-state index in [0.29, 0.717) is 5.42 Å². The molecule has 1 aromatic heterocycles. The highest BCUT2D eigenvalue weighted by Crippen LogP contribution is 2.16. The van der Waals surface area contributed by atoms with Gasteiger partial charge in [0.25, 0.3) is 0 Å². The van der Waals surface area contributed by atoms with Crippen molar-refractivity contribution in [3.05, 3.63) is 40.9 Å². The van der Waals surface area contributed by atoms with Gasteiger partial charge in [-0.05, 0) is 17.2 Å². The van der Waals surface area contributed by atoms with Crippen molar-refractivity contribution in [2.75, 3.05) is 6.54 Å². The van der Waals surface area contributed by atoms with Crippen molar-refractivity contribution in [1.82, 2.24) is 15.4 Å². The van der Waals surface area contributed by atoms with Gasteiger partial charge in [-0.15, -0.1) is 0 Å². The van der Waals surface area contributed by atoms with Gasteiger partial charge >= 0.3 is 6.09 Å². The van der Waals surface area contributed by atoms with Crippen LogP contribution in [-0.2, 0) is 0 Å². The molecular formula is C11H9N3O3. The number of hydrogen-bond acceptors (Lipinski definition) is 4. The van der Waals surface area contributed by atoms with Crippen LogP contribution < -0.4 is 16.0 Å². The molecule has 0 aromatic carbocycles. The van der Waals surface area contributed by atoms with Crippen LogP contribution in [0.2, 0.25) is 0 Å². The summed E-state index contributed by atoms with van der Waals surface area (Å²) in [5.74, 6) is 0. The summed E-state index contributed by atoms with van der Waals surface area (Å²) in [7, 11) is 0. The topological polar surface area (TPSA) is 78.6 Å². The van der Waals surface area contributed by atoms with Crippen molar-refractivity contribution in [3.63, 3.8) is 0 Å². The summed E-state index contributed by atoms with van der Waals surface area (Å²) in [4.78, 5) is 12.2. The summed E-state index contributed by atoms with van der Waals surface area (Å²) in [6.45, 7) is 0.284. The molecule has 86 valence electrons. The lowest BCUT2D eigenvalue weighted by Gasteiger charge is -2.17. The number of dihydropyridines is 1. The van der Waals surface area contributed by atoms with E-state index in [4.69, 9.17) is 9.63 Å². The highest BCUT2D eigenvalue weighted by molar-refractivity contribution is 5.79. The molecule has 0 atom stereocenters. The van der Waals surface area contributed by atoms with Crippen LogP contribution >= 0.6 is 0 Å². The molecule has 0 saturated carbocycles. The van der Waals surface area contributed by atoms with E-state index in [0.717, 1.165) is 16.4 Å². The minimum absolute atomic E-state index is 0.284. The number of rotatable bonds is 0. The molecule has 0 bridgehead atoms. The van der Waals surface area contributed by atoms with Gasteiger partial charge in [-0.3, -0.25) is 4.90 Å². The Kier molecular flexibility index (Phi) is 2.01. The van der Waals surface area contributed by atoms with Crippen molar-refractivity contribution in [3.8, 4) is 0 Å².